The number of aliphatic hydroxyl groups is 1. The summed E-state index contributed by atoms with van der Waals surface area (Å²) in [4.78, 5) is 2.51. The Labute approximate surface area is 98.0 Å². The lowest BCUT2D eigenvalue weighted by atomic mass is 10.0. The van der Waals surface area contributed by atoms with E-state index in [9.17, 15) is 0 Å². The summed E-state index contributed by atoms with van der Waals surface area (Å²) in [6.07, 6.45) is 5.42. The number of likely N-dealkylation sites (tertiary alicyclic amines) is 1. The molecule has 0 aromatic rings. The van der Waals surface area contributed by atoms with Crippen LogP contribution in [0.3, 0.4) is 0 Å². The van der Waals surface area contributed by atoms with Crippen LogP contribution in [0.5, 0.6) is 0 Å². The Balaban J connectivity index is 1.68. The van der Waals surface area contributed by atoms with Crippen LogP contribution in [0.2, 0.25) is 0 Å². The van der Waals surface area contributed by atoms with E-state index in [1.165, 1.54) is 32.2 Å². The third kappa shape index (κ3) is 3.70. The Bertz CT molecular complexity index is 195. The predicted molar refractivity (Wildman–Crippen MR) is 63.5 cm³/mol. The minimum absolute atomic E-state index is 0.238. The van der Waals surface area contributed by atoms with Crippen LogP contribution >= 0.6 is 0 Å². The smallest absolute Gasteiger partial charge is 0.0702 e. The van der Waals surface area contributed by atoms with E-state index in [-0.39, 0.29) is 6.61 Å². The van der Waals surface area contributed by atoms with Crippen molar-refractivity contribution in [2.24, 2.45) is 0 Å². The zero-order chi connectivity index (χ0) is 11.2. The molecule has 94 valence electrons. The van der Waals surface area contributed by atoms with Crippen molar-refractivity contribution in [3.05, 3.63) is 0 Å². The summed E-state index contributed by atoms with van der Waals surface area (Å²) in [5.74, 6) is 0. The maximum absolute atomic E-state index is 8.80. The molecule has 4 nitrogen and oxygen atoms in total. The topological polar surface area (TPSA) is 44.7 Å². The van der Waals surface area contributed by atoms with E-state index in [1.807, 2.05) is 0 Å². The average Bonchev–Trinajstić information content (AvgIpc) is 2.80. The molecule has 2 unspecified atom stereocenters. The molecule has 2 atom stereocenters. The standard InChI is InChI=1S/C12H24N2O2/c15-7-5-13-11-3-1-6-14(9-11)10-12-4-2-8-16-12/h11-13,15H,1-10H2. The molecule has 2 fully saturated rings. The highest BCUT2D eigenvalue weighted by atomic mass is 16.5. The van der Waals surface area contributed by atoms with Crippen LogP contribution in [-0.4, -0.2) is 61.5 Å². The van der Waals surface area contributed by atoms with Gasteiger partial charge < -0.3 is 15.2 Å². The molecular formula is C12H24N2O2. The third-order valence-electron chi connectivity index (χ3n) is 3.54. The number of nitrogens with zero attached hydrogens (tertiary/aromatic N) is 1. The highest BCUT2D eigenvalue weighted by molar-refractivity contribution is 4.80. The second kappa shape index (κ2) is 6.55. The molecule has 2 N–H and O–H groups in total. The van der Waals surface area contributed by atoms with E-state index in [4.69, 9.17) is 9.84 Å². The van der Waals surface area contributed by atoms with Gasteiger partial charge in [0, 0.05) is 32.3 Å². The molecule has 2 aliphatic rings. The molecule has 0 aromatic carbocycles. The normalized spacial score (nSPS) is 32.1. The molecule has 0 aromatic heterocycles. The lowest BCUT2D eigenvalue weighted by Crippen LogP contribution is -2.48. The highest BCUT2D eigenvalue weighted by Crippen LogP contribution is 2.16. The lowest BCUT2D eigenvalue weighted by Gasteiger charge is -2.34. The fourth-order valence-corrected chi connectivity index (χ4v) is 2.73. The van der Waals surface area contributed by atoms with E-state index in [0.29, 0.717) is 12.1 Å². The Hall–Kier alpha value is -0.160. The monoisotopic (exact) mass is 228 g/mol. The van der Waals surface area contributed by atoms with Crippen LogP contribution in [-0.2, 0) is 4.74 Å². The summed E-state index contributed by atoms with van der Waals surface area (Å²) < 4.78 is 5.67. The zero-order valence-electron chi connectivity index (χ0n) is 10.0. The Kier molecular flexibility index (Phi) is 5.03. The van der Waals surface area contributed by atoms with E-state index in [2.05, 4.69) is 10.2 Å². The van der Waals surface area contributed by atoms with Crippen molar-refractivity contribution < 1.29 is 9.84 Å². The molecule has 0 amide bonds. The summed E-state index contributed by atoms with van der Waals surface area (Å²) in [6, 6.07) is 0.558. The SMILES string of the molecule is OCCNC1CCCN(CC2CCCO2)C1. The minimum atomic E-state index is 0.238. The third-order valence-corrected chi connectivity index (χ3v) is 3.54. The first-order valence-corrected chi connectivity index (χ1v) is 6.56. The number of hydrogen-bond donors (Lipinski definition) is 2. The van der Waals surface area contributed by atoms with E-state index >= 15 is 0 Å². The van der Waals surface area contributed by atoms with Gasteiger partial charge in [-0.05, 0) is 32.2 Å². The van der Waals surface area contributed by atoms with E-state index < -0.39 is 0 Å². The van der Waals surface area contributed by atoms with Crippen molar-refractivity contribution in [3.8, 4) is 0 Å². The molecule has 0 spiro atoms. The van der Waals surface area contributed by atoms with E-state index in [1.54, 1.807) is 0 Å². The van der Waals surface area contributed by atoms with Gasteiger partial charge in [0.05, 0.1) is 12.7 Å². The quantitative estimate of drug-likeness (QED) is 0.706. The lowest BCUT2D eigenvalue weighted by molar-refractivity contribution is 0.0605. The number of aliphatic hydroxyl groups excluding tert-OH is 1. The molecule has 2 aliphatic heterocycles. The van der Waals surface area contributed by atoms with Gasteiger partial charge in [0.25, 0.3) is 0 Å². The Morgan fingerprint density at radius 2 is 2.25 bits per heavy atom. The van der Waals surface area contributed by atoms with Crippen molar-refractivity contribution in [2.45, 2.75) is 37.8 Å². The first-order chi connectivity index (χ1) is 7.88. The second-order valence-electron chi connectivity index (χ2n) is 4.91. The van der Waals surface area contributed by atoms with Crippen molar-refractivity contribution >= 4 is 0 Å². The highest BCUT2D eigenvalue weighted by Gasteiger charge is 2.23. The summed E-state index contributed by atoms with van der Waals surface area (Å²) in [5, 5.41) is 12.2. The van der Waals surface area contributed by atoms with Crippen molar-refractivity contribution in [3.63, 3.8) is 0 Å². The number of hydrogen-bond acceptors (Lipinski definition) is 4. The average molecular weight is 228 g/mol. The number of piperidine rings is 1. The maximum atomic E-state index is 8.80. The fourth-order valence-electron chi connectivity index (χ4n) is 2.73. The number of rotatable bonds is 5. The van der Waals surface area contributed by atoms with Crippen LogP contribution in [0.1, 0.15) is 25.7 Å². The summed E-state index contributed by atoms with van der Waals surface area (Å²) in [7, 11) is 0. The van der Waals surface area contributed by atoms with E-state index in [0.717, 1.165) is 26.2 Å². The predicted octanol–water partition coefficient (Wildman–Crippen LogP) is 0.212. The molecule has 2 saturated heterocycles. The van der Waals surface area contributed by atoms with Gasteiger partial charge >= 0.3 is 0 Å². The molecule has 4 heteroatoms. The van der Waals surface area contributed by atoms with Gasteiger partial charge in [-0.25, -0.2) is 0 Å². The van der Waals surface area contributed by atoms with Crippen LogP contribution < -0.4 is 5.32 Å². The first kappa shape index (κ1) is 12.3. The summed E-state index contributed by atoms with van der Waals surface area (Å²) in [6.45, 7) is 5.32. The van der Waals surface area contributed by atoms with Gasteiger partial charge in [-0.15, -0.1) is 0 Å². The van der Waals surface area contributed by atoms with Gasteiger partial charge in [-0.3, -0.25) is 4.90 Å². The minimum Gasteiger partial charge on any atom is -0.395 e. The number of nitrogens with one attached hydrogen (secondary N) is 1. The van der Waals surface area contributed by atoms with Crippen LogP contribution in [0.25, 0.3) is 0 Å². The van der Waals surface area contributed by atoms with Gasteiger partial charge in [-0.1, -0.05) is 0 Å². The van der Waals surface area contributed by atoms with Crippen molar-refractivity contribution in [2.75, 3.05) is 39.4 Å². The Morgan fingerprint density at radius 1 is 1.31 bits per heavy atom. The zero-order valence-corrected chi connectivity index (χ0v) is 10.0. The van der Waals surface area contributed by atoms with Crippen LogP contribution in [0.4, 0.5) is 0 Å². The Morgan fingerprint density at radius 3 is 3.00 bits per heavy atom. The molecule has 0 aliphatic carbocycles. The first-order valence-electron chi connectivity index (χ1n) is 6.56. The fraction of sp³-hybridized carbons (Fsp3) is 1.00. The molecular weight excluding hydrogens is 204 g/mol. The van der Waals surface area contributed by atoms with Gasteiger partial charge in [-0.2, -0.15) is 0 Å². The molecule has 0 bridgehead atoms. The maximum Gasteiger partial charge on any atom is 0.0702 e. The molecule has 16 heavy (non-hydrogen) atoms. The van der Waals surface area contributed by atoms with Crippen LogP contribution in [0, 0.1) is 0 Å². The van der Waals surface area contributed by atoms with Crippen molar-refractivity contribution in [1.29, 1.82) is 0 Å². The molecule has 0 saturated carbocycles. The van der Waals surface area contributed by atoms with Gasteiger partial charge in [0.15, 0.2) is 0 Å². The molecule has 0 radical (unpaired) electrons. The molecule has 2 heterocycles. The summed E-state index contributed by atoms with van der Waals surface area (Å²) in [5.41, 5.74) is 0. The van der Waals surface area contributed by atoms with Gasteiger partial charge in [0.1, 0.15) is 0 Å². The van der Waals surface area contributed by atoms with Crippen molar-refractivity contribution in [1.82, 2.24) is 10.2 Å². The number of ether oxygens (including phenoxy) is 1. The molecule has 2 rings (SSSR count). The largest absolute Gasteiger partial charge is 0.395 e. The van der Waals surface area contributed by atoms with Gasteiger partial charge in [0.2, 0.25) is 0 Å². The summed E-state index contributed by atoms with van der Waals surface area (Å²) >= 11 is 0. The second-order valence-corrected chi connectivity index (χ2v) is 4.91. The van der Waals surface area contributed by atoms with Crippen LogP contribution in [0.15, 0.2) is 0 Å².